The Hall–Kier alpha value is -1.62. The molecule has 1 fully saturated rings. The quantitative estimate of drug-likeness (QED) is 0.614. The molecule has 2 nitrogen and oxygen atoms in total. The van der Waals surface area contributed by atoms with Gasteiger partial charge in [-0.25, -0.2) is 0 Å². The number of allylic oxidation sites excluding steroid dienone is 1. The van der Waals surface area contributed by atoms with Crippen LogP contribution in [0.1, 0.15) is 18.4 Å². The lowest BCUT2D eigenvalue weighted by Crippen LogP contribution is -2.32. The molecule has 1 atom stereocenters. The summed E-state index contributed by atoms with van der Waals surface area (Å²) in [7, 11) is 0. The number of carbonyl (C=O) groups excluding carboxylic acids is 2. The van der Waals surface area contributed by atoms with Crippen LogP contribution in [0.5, 0.6) is 0 Å². The maximum Gasteiger partial charge on any atom is 0.450 e. The molecular formula is C14H10ClF3O2. The first-order valence-electron chi connectivity index (χ1n) is 5.91. The molecule has 1 aliphatic rings. The summed E-state index contributed by atoms with van der Waals surface area (Å²) >= 11 is 5.92. The van der Waals surface area contributed by atoms with Gasteiger partial charge in [0.25, 0.3) is 0 Å². The van der Waals surface area contributed by atoms with Gasteiger partial charge in [0, 0.05) is 5.02 Å². The molecule has 0 aromatic heterocycles. The van der Waals surface area contributed by atoms with Crippen molar-refractivity contribution in [2.75, 3.05) is 0 Å². The van der Waals surface area contributed by atoms with E-state index in [1.54, 1.807) is 24.3 Å². The topological polar surface area (TPSA) is 34.1 Å². The van der Waals surface area contributed by atoms with Crippen molar-refractivity contribution in [2.45, 2.75) is 19.0 Å². The molecule has 0 radical (unpaired) electrons. The van der Waals surface area contributed by atoms with Gasteiger partial charge in [-0.2, -0.15) is 13.2 Å². The number of alkyl halides is 3. The highest BCUT2D eigenvalue weighted by molar-refractivity contribution is 6.32. The van der Waals surface area contributed by atoms with Crippen molar-refractivity contribution in [1.82, 2.24) is 0 Å². The third-order valence-corrected chi connectivity index (χ3v) is 3.51. The highest BCUT2D eigenvalue weighted by atomic mass is 35.5. The van der Waals surface area contributed by atoms with Crippen LogP contribution in [-0.4, -0.2) is 17.7 Å². The van der Waals surface area contributed by atoms with Crippen LogP contribution in [0.25, 0.3) is 6.08 Å². The van der Waals surface area contributed by atoms with E-state index < -0.39 is 23.7 Å². The van der Waals surface area contributed by atoms with Crippen LogP contribution in [-0.2, 0) is 9.59 Å². The van der Waals surface area contributed by atoms with Crippen molar-refractivity contribution >= 4 is 29.2 Å². The van der Waals surface area contributed by atoms with Crippen LogP contribution in [0.2, 0.25) is 5.02 Å². The zero-order valence-electron chi connectivity index (χ0n) is 10.2. The minimum atomic E-state index is -4.97. The molecule has 1 unspecified atom stereocenters. The number of hydrogen-bond donors (Lipinski definition) is 0. The summed E-state index contributed by atoms with van der Waals surface area (Å²) < 4.78 is 37.1. The second kappa shape index (κ2) is 5.40. The van der Waals surface area contributed by atoms with Crippen molar-refractivity contribution < 1.29 is 22.8 Å². The van der Waals surface area contributed by atoms with E-state index in [1.165, 1.54) is 6.08 Å². The summed E-state index contributed by atoms with van der Waals surface area (Å²) in [5.41, 5.74) is 0.762. The Kier molecular flexibility index (Phi) is 3.99. The van der Waals surface area contributed by atoms with Gasteiger partial charge in [-0.05, 0) is 36.1 Å². The molecule has 20 heavy (non-hydrogen) atoms. The molecule has 0 bridgehead atoms. The smallest absolute Gasteiger partial charge is 0.294 e. The molecule has 0 saturated heterocycles. The Labute approximate surface area is 118 Å². The number of benzene rings is 1. The zero-order chi connectivity index (χ0) is 14.9. The third kappa shape index (κ3) is 2.93. The number of ketones is 2. The first-order valence-corrected chi connectivity index (χ1v) is 6.29. The number of carbonyl (C=O) groups is 2. The molecule has 1 saturated carbocycles. The first kappa shape index (κ1) is 14.8. The molecule has 0 N–H and O–H groups in total. The van der Waals surface area contributed by atoms with Crippen LogP contribution < -0.4 is 0 Å². The standard InChI is InChI=1S/C14H10ClF3O2/c15-11-4-2-1-3-8(11)7-9-5-6-10(12(9)19)13(20)14(16,17)18/h1-4,7,10H,5-6H2/b9-7+. The maximum absolute atomic E-state index is 12.4. The molecular weight excluding hydrogens is 293 g/mol. The minimum Gasteiger partial charge on any atom is -0.294 e. The third-order valence-electron chi connectivity index (χ3n) is 3.17. The summed E-state index contributed by atoms with van der Waals surface area (Å²) in [6, 6.07) is 6.68. The van der Waals surface area contributed by atoms with Gasteiger partial charge in [0.2, 0.25) is 5.78 Å². The SMILES string of the molecule is O=C1/C(=C/c2ccccc2Cl)CCC1C(=O)C(F)(F)F. The van der Waals surface area contributed by atoms with E-state index in [4.69, 9.17) is 11.6 Å². The molecule has 106 valence electrons. The number of hydrogen-bond acceptors (Lipinski definition) is 2. The predicted molar refractivity (Wildman–Crippen MR) is 68.2 cm³/mol. The van der Waals surface area contributed by atoms with Gasteiger partial charge in [0.15, 0.2) is 5.78 Å². The number of rotatable bonds is 2. The van der Waals surface area contributed by atoms with Crippen LogP contribution in [0.15, 0.2) is 29.8 Å². The Bertz CT molecular complexity index is 590. The average molecular weight is 303 g/mol. The monoisotopic (exact) mass is 302 g/mol. The average Bonchev–Trinajstić information content (AvgIpc) is 2.72. The number of Topliss-reactive ketones (excluding diaryl/α,β-unsaturated/α-hetero) is 2. The lowest BCUT2D eigenvalue weighted by atomic mass is 10.00. The van der Waals surface area contributed by atoms with E-state index in [2.05, 4.69) is 0 Å². The van der Waals surface area contributed by atoms with Gasteiger partial charge in [-0.1, -0.05) is 29.8 Å². The Morgan fingerprint density at radius 2 is 1.95 bits per heavy atom. The van der Waals surface area contributed by atoms with Crippen molar-refractivity contribution in [2.24, 2.45) is 5.92 Å². The number of halogens is 4. The summed E-state index contributed by atoms with van der Waals surface area (Å²) in [6.45, 7) is 0. The van der Waals surface area contributed by atoms with Crippen molar-refractivity contribution in [3.05, 3.63) is 40.4 Å². The van der Waals surface area contributed by atoms with E-state index in [-0.39, 0.29) is 18.4 Å². The summed E-state index contributed by atoms with van der Waals surface area (Å²) in [5, 5.41) is 0.401. The molecule has 6 heteroatoms. The van der Waals surface area contributed by atoms with E-state index in [0.717, 1.165) is 0 Å². The van der Waals surface area contributed by atoms with Crippen LogP contribution in [0.4, 0.5) is 13.2 Å². The molecule has 1 aromatic rings. The van der Waals surface area contributed by atoms with Gasteiger partial charge in [0.1, 0.15) is 0 Å². The first-order chi connectivity index (χ1) is 9.30. The van der Waals surface area contributed by atoms with Crippen LogP contribution in [0.3, 0.4) is 0 Å². The van der Waals surface area contributed by atoms with E-state index in [9.17, 15) is 22.8 Å². The normalized spacial score (nSPS) is 21.5. The molecule has 0 amide bonds. The molecule has 2 rings (SSSR count). The second-order valence-corrected chi connectivity index (χ2v) is 4.92. The fraction of sp³-hybridized carbons (Fsp3) is 0.286. The predicted octanol–water partition coefficient (Wildman–Crippen LogP) is 3.83. The summed E-state index contributed by atoms with van der Waals surface area (Å²) in [4.78, 5) is 23.0. The zero-order valence-corrected chi connectivity index (χ0v) is 11.0. The van der Waals surface area contributed by atoms with Crippen molar-refractivity contribution in [3.8, 4) is 0 Å². The lowest BCUT2D eigenvalue weighted by molar-refractivity contribution is -0.176. The highest BCUT2D eigenvalue weighted by Gasteiger charge is 2.48. The van der Waals surface area contributed by atoms with Gasteiger partial charge in [-0.3, -0.25) is 9.59 Å². The van der Waals surface area contributed by atoms with E-state index >= 15 is 0 Å². The Balaban J connectivity index is 2.25. The largest absolute Gasteiger partial charge is 0.450 e. The maximum atomic E-state index is 12.4. The molecule has 0 heterocycles. The van der Waals surface area contributed by atoms with Gasteiger partial charge in [0.05, 0.1) is 5.92 Å². The van der Waals surface area contributed by atoms with Crippen LogP contribution >= 0.6 is 11.6 Å². The lowest BCUT2D eigenvalue weighted by Gasteiger charge is -2.09. The van der Waals surface area contributed by atoms with E-state index in [1.807, 2.05) is 0 Å². The molecule has 1 aliphatic carbocycles. The van der Waals surface area contributed by atoms with Crippen molar-refractivity contribution in [3.63, 3.8) is 0 Å². The molecule has 0 spiro atoms. The van der Waals surface area contributed by atoms with Crippen molar-refractivity contribution in [1.29, 1.82) is 0 Å². The van der Waals surface area contributed by atoms with Gasteiger partial charge in [-0.15, -0.1) is 0 Å². The Morgan fingerprint density at radius 3 is 2.55 bits per heavy atom. The second-order valence-electron chi connectivity index (χ2n) is 4.51. The minimum absolute atomic E-state index is 0.104. The van der Waals surface area contributed by atoms with Gasteiger partial charge < -0.3 is 0 Å². The summed E-state index contributed by atoms with van der Waals surface area (Å²) in [6.07, 6.45) is -3.47. The fourth-order valence-electron chi connectivity index (χ4n) is 2.15. The highest BCUT2D eigenvalue weighted by Crippen LogP contribution is 2.34. The fourth-order valence-corrected chi connectivity index (χ4v) is 2.34. The molecule has 1 aromatic carbocycles. The Morgan fingerprint density at radius 1 is 1.30 bits per heavy atom. The molecule has 0 aliphatic heterocycles. The van der Waals surface area contributed by atoms with Crippen LogP contribution in [0, 0.1) is 5.92 Å². The van der Waals surface area contributed by atoms with Gasteiger partial charge >= 0.3 is 6.18 Å². The summed E-state index contributed by atoms with van der Waals surface area (Å²) in [5.74, 6) is -4.33. The van der Waals surface area contributed by atoms with E-state index in [0.29, 0.717) is 10.6 Å².